The Balaban J connectivity index is 1.93. The highest BCUT2D eigenvalue weighted by Gasteiger charge is 2.30. The average Bonchev–Trinajstić information content (AvgIpc) is 2.39. The maximum absolute atomic E-state index is 12.6. The fourth-order valence-electron chi connectivity index (χ4n) is 2.38. The molecule has 0 N–H and O–H groups in total. The van der Waals surface area contributed by atoms with Crippen LogP contribution in [0.25, 0.3) is 0 Å². The minimum absolute atomic E-state index is 0.0315. The molecule has 1 unspecified atom stereocenters. The molecule has 0 aliphatic carbocycles. The highest BCUT2D eigenvalue weighted by atomic mass is 19.4. The largest absolute Gasteiger partial charge is 0.416 e. The van der Waals surface area contributed by atoms with Gasteiger partial charge in [0.25, 0.3) is 0 Å². The number of hydrogen-bond donors (Lipinski definition) is 0. The Bertz CT molecular complexity index is 462. The number of ether oxygens (including phenoxy) is 1. The van der Waals surface area contributed by atoms with E-state index in [0.29, 0.717) is 12.2 Å². The molecule has 5 heteroatoms. The van der Waals surface area contributed by atoms with Crippen molar-refractivity contribution in [3.8, 4) is 0 Å². The van der Waals surface area contributed by atoms with Crippen molar-refractivity contribution in [3.63, 3.8) is 0 Å². The number of halogens is 3. The van der Waals surface area contributed by atoms with Gasteiger partial charge in [0.15, 0.2) is 0 Å². The standard InChI is InChI=1S/C15H17F3O2/c16-15(17,18)12-5-3-4-11(8-12)9-13(19)10-14-6-1-2-7-20-14/h3-5,8,14H,1-2,6-7,9-10H2. The van der Waals surface area contributed by atoms with Crippen LogP contribution in [0.3, 0.4) is 0 Å². The average molecular weight is 286 g/mol. The van der Waals surface area contributed by atoms with Gasteiger partial charge in [-0.15, -0.1) is 0 Å². The van der Waals surface area contributed by atoms with Gasteiger partial charge in [0, 0.05) is 19.4 Å². The van der Waals surface area contributed by atoms with Gasteiger partial charge in [0.2, 0.25) is 0 Å². The van der Waals surface area contributed by atoms with Crippen molar-refractivity contribution in [1.29, 1.82) is 0 Å². The first-order valence-corrected chi connectivity index (χ1v) is 6.74. The van der Waals surface area contributed by atoms with Crippen molar-refractivity contribution in [2.75, 3.05) is 6.61 Å². The zero-order chi connectivity index (χ0) is 14.6. The van der Waals surface area contributed by atoms with E-state index in [1.165, 1.54) is 6.07 Å². The molecule has 1 saturated heterocycles. The molecular weight excluding hydrogens is 269 g/mol. The fraction of sp³-hybridized carbons (Fsp3) is 0.533. The fourth-order valence-corrected chi connectivity index (χ4v) is 2.38. The summed E-state index contributed by atoms with van der Waals surface area (Å²) in [6.45, 7) is 0.668. The van der Waals surface area contributed by atoms with E-state index < -0.39 is 11.7 Å². The van der Waals surface area contributed by atoms with Gasteiger partial charge in [-0.25, -0.2) is 0 Å². The molecular formula is C15H17F3O2. The van der Waals surface area contributed by atoms with Crippen LogP contribution < -0.4 is 0 Å². The first kappa shape index (κ1) is 15.0. The maximum atomic E-state index is 12.6. The molecule has 1 heterocycles. The predicted molar refractivity (Wildman–Crippen MR) is 68.4 cm³/mol. The van der Waals surface area contributed by atoms with Crippen LogP contribution in [-0.2, 0) is 22.1 Å². The van der Waals surface area contributed by atoms with Crippen molar-refractivity contribution in [2.45, 2.75) is 44.4 Å². The van der Waals surface area contributed by atoms with Crippen molar-refractivity contribution in [3.05, 3.63) is 35.4 Å². The van der Waals surface area contributed by atoms with Gasteiger partial charge in [0.1, 0.15) is 5.78 Å². The zero-order valence-corrected chi connectivity index (χ0v) is 11.1. The highest BCUT2D eigenvalue weighted by molar-refractivity contribution is 5.81. The molecule has 0 saturated carbocycles. The number of alkyl halides is 3. The second-order valence-corrected chi connectivity index (χ2v) is 5.11. The topological polar surface area (TPSA) is 26.3 Å². The second-order valence-electron chi connectivity index (χ2n) is 5.11. The summed E-state index contributed by atoms with van der Waals surface area (Å²) in [7, 11) is 0. The van der Waals surface area contributed by atoms with Crippen LogP contribution in [0.15, 0.2) is 24.3 Å². The smallest absolute Gasteiger partial charge is 0.378 e. The summed E-state index contributed by atoms with van der Waals surface area (Å²) in [6.07, 6.45) is -1.21. The van der Waals surface area contributed by atoms with Gasteiger partial charge in [-0.05, 0) is 30.9 Å². The van der Waals surface area contributed by atoms with E-state index >= 15 is 0 Å². The number of ketones is 1. The molecule has 1 fully saturated rings. The van der Waals surface area contributed by atoms with E-state index in [-0.39, 0.29) is 24.7 Å². The Morgan fingerprint density at radius 1 is 1.30 bits per heavy atom. The summed E-state index contributed by atoms with van der Waals surface area (Å²) in [5, 5.41) is 0. The third kappa shape index (κ3) is 4.34. The number of benzene rings is 1. The molecule has 0 aromatic heterocycles. The predicted octanol–water partition coefficient (Wildman–Crippen LogP) is 3.78. The molecule has 0 spiro atoms. The van der Waals surface area contributed by atoms with E-state index in [4.69, 9.17) is 4.74 Å². The number of carbonyl (C=O) groups excluding carboxylic acids is 1. The van der Waals surface area contributed by atoms with Crippen molar-refractivity contribution < 1.29 is 22.7 Å². The van der Waals surface area contributed by atoms with Gasteiger partial charge in [0.05, 0.1) is 11.7 Å². The molecule has 2 nitrogen and oxygen atoms in total. The van der Waals surface area contributed by atoms with Gasteiger partial charge in [-0.2, -0.15) is 13.2 Å². The van der Waals surface area contributed by atoms with E-state index in [1.54, 1.807) is 6.07 Å². The van der Waals surface area contributed by atoms with Gasteiger partial charge in [-0.1, -0.05) is 18.2 Å². The lowest BCUT2D eigenvalue weighted by Crippen LogP contribution is -2.23. The van der Waals surface area contributed by atoms with E-state index in [0.717, 1.165) is 31.4 Å². The van der Waals surface area contributed by atoms with Gasteiger partial charge < -0.3 is 4.74 Å². The summed E-state index contributed by atoms with van der Waals surface area (Å²) in [4.78, 5) is 11.9. The summed E-state index contributed by atoms with van der Waals surface area (Å²) < 4.78 is 43.2. The zero-order valence-electron chi connectivity index (χ0n) is 11.1. The third-order valence-electron chi connectivity index (χ3n) is 3.38. The van der Waals surface area contributed by atoms with Crippen molar-refractivity contribution >= 4 is 5.78 Å². The highest BCUT2D eigenvalue weighted by Crippen LogP contribution is 2.29. The van der Waals surface area contributed by atoms with Crippen LogP contribution in [0.4, 0.5) is 13.2 Å². The van der Waals surface area contributed by atoms with Crippen molar-refractivity contribution in [1.82, 2.24) is 0 Å². The SMILES string of the molecule is O=C(Cc1cccc(C(F)(F)F)c1)CC1CCCCO1. The lowest BCUT2D eigenvalue weighted by molar-refractivity contribution is -0.137. The summed E-state index contributed by atoms with van der Waals surface area (Å²) in [5.74, 6) is -0.0729. The second kappa shape index (κ2) is 6.39. The summed E-state index contributed by atoms with van der Waals surface area (Å²) in [5.41, 5.74) is -0.308. The summed E-state index contributed by atoms with van der Waals surface area (Å²) in [6, 6.07) is 4.94. The summed E-state index contributed by atoms with van der Waals surface area (Å²) >= 11 is 0. The number of Topliss-reactive ketones (excluding diaryl/α,β-unsaturated/α-hetero) is 1. The number of carbonyl (C=O) groups is 1. The lowest BCUT2D eigenvalue weighted by atomic mass is 9.99. The minimum Gasteiger partial charge on any atom is -0.378 e. The molecule has 1 aliphatic heterocycles. The van der Waals surface area contributed by atoms with Crippen LogP contribution in [0, 0.1) is 0 Å². The molecule has 1 aromatic carbocycles. The van der Waals surface area contributed by atoms with Crippen LogP contribution in [0.1, 0.15) is 36.8 Å². The van der Waals surface area contributed by atoms with Crippen molar-refractivity contribution in [2.24, 2.45) is 0 Å². The maximum Gasteiger partial charge on any atom is 0.416 e. The minimum atomic E-state index is -4.37. The Morgan fingerprint density at radius 3 is 2.75 bits per heavy atom. The number of rotatable bonds is 4. The quantitative estimate of drug-likeness (QED) is 0.842. The monoisotopic (exact) mass is 286 g/mol. The molecule has 1 aliphatic rings. The normalized spacial score (nSPS) is 19.9. The number of hydrogen-bond acceptors (Lipinski definition) is 2. The van der Waals surface area contributed by atoms with E-state index in [2.05, 4.69) is 0 Å². The Morgan fingerprint density at radius 2 is 2.10 bits per heavy atom. The first-order valence-electron chi connectivity index (χ1n) is 6.74. The van der Waals surface area contributed by atoms with E-state index in [1.807, 2.05) is 0 Å². The molecule has 2 rings (SSSR count). The molecule has 0 bridgehead atoms. The van der Waals surface area contributed by atoms with Gasteiger partial charge >= 0.3 is 6.18 Å². The van der Waals surface area contributed by atoms with Crippen LogP contribution >= 0.6 is 0 Å². The molecule has 20 heavy (non-hydrogen) atoms. The van der Waals surface area contributed by atoms with Crippen LogP contribution in [0.2, 0.25) is 0 Å². The van der Waals surface area contributed by atoms with Gasteiger partial charge in [-0.3, -0.25) is 4.79 Å². The Labute approximate surface area is 115 Å². The molecule has 0 radical (unpaired) electrons. The molecule has 110 valence electrons. The first-order chi connectivity index (χ1) is 9.45. The molecule has 0 amide bonds. The molecule has 1 atom stereocenters. The van der Waals surface area contributed by atoms with E-state index in [9.17, 15) is 18.0 Å². The lowest BCUT2D eigenvalue weighted by Gasteiger charge is -2.21. The van der Waals surface area contributed by atoms with Crippen LogP contribution in [0.5, 0.6) is 0 Å². The molecule has 1 aromatic rings. The Kier molecular flexibility index (Phi) is 4.81. The van der Waals surface area contributed by atoms with Crippen LogP contribution in [-0.4, -0.2) is 18.5 Å². The Hall–Kier alpha value is -1.36. The third-order valence-corrected chi connectivity index (χ3v) is 3.38.